The summed E-state index contributed by atoms with van der Waals surface area (Å²) in [7, 11) is 0. The number of carboxylic acids is 1. The molecule has 1 fully saturated rings. The largest absolute Gasteiger partial charge is 0.475 e. The minimum atomic E-state index is -1.15. The third-order valence-electron chi connectivity index (χ3n) is 4.65. The number of nitrogens with one attached hydrogen (secondary N) is 1. The molecule has 1 aliphatic rings. The highest BCUT2D eigenvalue weighted by molar-refractivity contribution is 5.84. The molecule has 2 amide bonds. The maximum atomic E-state index is 12.5. The number of rotatable bonds is 6. The van der Waals surface area contributed by atoms with Crippen molar-refractivity contribution in [2.75, 3.05) is 13.1 Å². The Morgan fingerprint density at radius 3 is 2.63 bits per heavy atom. The Balaban J connectivity index is 1.51. The molecule has 7 heteroatoms. The van der Waals surface area contributed by atoms with Crippen LogP contribution >= 0.6 is 0 Å². The molecule has 1 aromatic heterocycles. The molecule has 1 atom stereocenters. The molecule has 142 valence electrons. The molecule has 2 aromatic rings. The molecule has 1 aliphatic heterocycles. The second-order valence-electron chi connectivity index (χ2n) is 6.63. The van der Waals surface area contributed by atoms with Crippen molar-refractivity contribution < 1.29 is 23.9 Å². The number of benzene rings is 1. The van der Waals surface area contributed by atoms with E-state index in [2.05, 4.69) is 5.32 Å². The van der Waals surface area contributed by atoms with E-state index in [1.54, 1.807) is 4.90 Å². The van der Waals surface area contributed by atoms with Crippen molar-refractivity contribution in [2.24, 2.45) is 5.92 Å². The third-order valence-corrected chi connectivity index (χ3v) is 4.65. The predicted octanol–water partition coefficient (Wildman–Crippen LogP) is 2.08. The van der Waals surface area contributed by atoms with Crippen LogP contribution in [0.25, 0.3) is 0 Å². The number of amides is 2. The molecule has 3 rings (SSSR count). The van der Waals surface area contributed by atoms with E-state index in [1.807, 2.05) is 30.3 Å². The van der Waals surface area contributed by atoms with Gasteiger partial charge in [-0.15, -0.1) is 0 Å². The number of hydrogen-bond acceptors (Lipinski definition) is 4. The molecule has 0 saturated carbocycles. The summed E-state index contributed by atoms with van der Waals surface area (Å²) < 4.78 is 5.13. The minimum Gasteiger partial charge on any atom is -0.475 e. The smallest absolute Gasteiger partial charge is 0.371 e. The van der Waals surface area contributed by atoms with Gasteiger partial charge in [-0.2, -0.15) is 0 Å². The lowest BCUT2D eigenvalue weighted by Gasteiger charge is -2.32. The van der Waals surface area contributed by atoms with Gasteiger partial charge in [0.2, 0.25) is 17.6 Å². The predicted molar refractivity (Wildman–Crippen MR) is 97.0 cm³/mol. The number of nitrogens with zero attached hydrogens (tertiary/aromatic N) is 1. The van der Waals surface area contributed by atoms with Gasteiger partial charge in [0.25, 0.3) is 0 Å². The zero-order valence-electron chi connectivity index (χ0n) is 14.9. The number of carbonyl (C=O) groups excluding carboxylic acids is 2. The summed E-state index contributed by atoms with van der Waals surface area (Å²) in [4.78, 5) is 37.5. The van der Waals surface area contributed by atoms with Gasteiger partial charge in [-0.1, -0.05) is 30.3 Å². The SMILES string of the molecule is O=C(O)c1ccc(CNC(=O)C2CCCN(C(=O)Cc3ccccc3)C2)o1. The Morgan fingerprint density at radius 2 is 1.93 bits per heavy atom. The number of carbonyl (C=O) groups is 3. The molecule has 7 nitrogen and oxygen atoms in total. The van der Waals surface area contributed by atoms with Crippen molar-refractivity contribution in [2.45, 2.75) is 25.8 Å². The second kappa shape index (κ2) is 8.53. The van der Waals surface area contributed by atoms with Crippen LogP contribution in [0.4, 0.5) is 0 Å². The zero-order chi connectivity index (χ0) is 19.2. The third kappa shape index (κ3) is 4.97. The van der Waals surface area contributed by atoms with E-state index in [-0.39, 0.29) is 30.0 Å². The van der Waals surface area contributed by atoms with E-state index >= 15 is 0 Å². The van der Waals surface area contributed by atoms with Crippen LogP contribution < -0.4 is 5.32 Å². The molecule has 1 saturated heterocycles. The van der Waals surface area contributed by atoms with E-state index in [4.69, 9.17) is 9.52 Å². The first-order chi connectivity index (χ1) is 13.0. The van der Waals surface area contributed by atoms with Crippen LogP contribution in [0, 0.1) is 5.92 Å². The van der Waals surface area contributed by atoms with Crippen molar-refractivity contribution in [3.63, 3.8) is 0 Å². The van der Waals surface area contributed by atoms with Gasteiger partial charge < -0.3 is 19.7 Å². The fourth-order valence-corrected chi connectivity index (χ4v) is 3.21. The van der Waals surface area contributed by atoms with Crippen molar-refractivity contribution in [1.82, 2.24) is 10.2 Å². The van der Waals surface area contributed by atoms with Crippen molar-refractivity contribution in [3.05, 3.63) is 59.5 Å². The Hall–Kier alpha value is -3.09. The van der Waals surface area contributed by atoms with Gasteiger partial charge >= 0.3 is 5.97 Å². The first kappa shape index (κ1) is 18.7. The summed E-state index contributed by atoms with van der Waals surface area (Å²) in [5.41, 5.74) is 0.959. The molecule has 2 heterocycles. The highest BCUT2D eigenvalue weighted by Crippen LogP contribution is 2.18. The van der Waals surface area contributed by atoms with Crippen LogP contribution in [-0.4, -0.2) is 40.9 Å². The van der Waals surface area contributed by atoms with Crippen LogP contribution in [0.2, 0.25) is 0 Å². The fraction of sp³-hybridized carbons (Fsp3) is 0.350. The maximum Gasteiger partial charge on any atom is 0.371 e. The summed E-state index contributed by atoms with van der Waals surface area (Å²) in [6.45, 7) is 1.19. The van der Waals surface area contributed by atoms with Crippen LogP contribution in [0.1, 0.15) is 34.7 Å². The van der Waals surface area contributed by atoms with E-state index in [0.717, 1.165) is 18.4 Å². The topological polar surface area (TPSA) is 99.9 Å². The van der Waals surface area contributed by atoms with Crippen LogP contribution in [0.3, 0.4) is 0 Å². The Bertz CT molecular complexity index is 815. The van der Waals surface area contributed by atoms with E-state index in [1.165, 1.54) is 12.1 Å². The molecule has 0 spiro atoms. The number of hydrogen-bond donors (Lipinski definition) is 2. The van der Waals surface area contributed by atoms with Crippen LogP contribution in [0.15, 0.2) is 46.9 Å². The number of likely N-dealkylation sites (tertiary alicyclic amines) is 1. The van der Waals surface area contributed by atoms with Crippen molar-refractivity contribution in [3.8, 4) is 0 Å². The number of carboxylic acid groups (broad SMARTS) is 1. The maximum absolute atomic E-state index is 12.5. The number of piperidine rings is 1. The summed E-state index contributed by atoms with van der Waals surface area (Å²) in [5.74, 6) is -1.32. The first-order valence-electron chi connectivity index (χ1n) is 8.94. The zero-order valence-corrected chi connectivity index (χ0v) is 14.9. The normalized spacial score (nSPS) is 16.7. The molecule has 1 aromatic carbocycles. The van der Waals surface area contributed by atoms with Gasteiger partial charge in [0.1, 0.15) is 5.76 Å². The Morgan fingerprint density at radius 1 is 1.15 bits per heavy atom. The monoisotopic (exact) mass is 370 g/mol. The Labute approximate surface area is 157 Å². The molecule has 1 unspecified atom stereocenters. The summed E-state index contributed by atoms with van der Waals surface area (Å²) in [6, 6.07) is 12.4. The molecular formula is C20H22N2O5. The average Bonchev–Trinajstić information content (AvgIpc) is 3.16. The second-order valence-corrected chi connectivity index (χ2v) is 6.63. The van der Waals surface area contributed by atoms with Gasteiger partial charge in [0.05, 0.1) is 18.9 Å². The molecule has 0 bridgehead atoms. The quantitative estimate of drug-likeness (QED) is 0.811. The molecule has 27 heavy (non-hydrogen) atoms. The lowest BCUT2D eigenvalue weighted by atomic mass is 9.96. The number of aromatic carboxylic acids is 1. The van der Waals surface area contributed by atoms with Crippen molar-refractivity contribution >= 4 is 17.8 Å². The van der Waals surface area contributed by atoms with E-state index in [9.17, 15) is 14.4 Å². The molecule has 0 aliphatic carbocycles. The minimum absolute atomic E-state index is 0.0239. The first-order valence-corrected chi connectivity index (χ1v) is 8.94. The standard InChI is InChI=1S/C20H22N2O5/c23-18(11-14-5-2-1-3-6-14)22-10-4-7-15(13-22)19(24)21-12-16-8-9-17(27-16)20(25)26/h1-3,5-6,8-9,15H,4,7,10-13H2,(H,21,24)(H,25,26). The van der Waals surface area contributed by atoms with Gasteiger partial charge in [-0.25, -0.2) is 4.79 Å². The summed E-state index contributed by atoms with van der Waals surface area (Å²) in [6.07, 6.45) is 1.83. The molecule has 2 N–H and O–H groups in total. The highest BCUT2D eigenvalue weighted by atomic mass is 16.4. The van der Waals surface area contributed by atoms with Crippen LogP contribution in [0.5, 0.6) is 0 Å². The molecule has 0 radical (unpaired) electrons. The van der Waals surface area contributed by atoms with Crippen LogP contribution in [-0.2, 0) is 22.6 Å². The lowest BCUT2D eigenvalue weighted by molar-refractivity contribution is -0.135. The van der Waals surface area contributed by atoms with Gasteiger partial charge in [-0.3, -0.25) is 9.59 Å². The van der Waals surface area contributed by atoms with Gasteiger partial charge in [0, 0.05) is 13.1 Å². The lowest BCUT2D eigenvalue weighted by Crippen LogP contribution is -2.45. The Kier molecular flexibility index (Phi) is 5.90. The summed E-state index contributed by atoms with van der Waals surface area (Å²) in [5, 5.41) is 11.6. The van der Waals surface area contributed by atoms with E-state index < -0.39 is 5.97 Å². The number of furan rings is 1. The highest BCUT2D eigenvalue weighted by Gasteiger charge is 2.28. The average molecular weight is 370 g/mol. The van der Waals surface area contributed by atoms with Gasteiger partial charge in [0.15, 0.2) is 0 Å². The molecular weight excluding hydrogens is 348 g/mol. The fourth-order valence-electron chi connectivity index (χ4n) is 3.21. The van der Waals surface area contributed by atoms with Crippen molar-refractivity contribution in [1.29, 1.82) is 0 Å². The van der Waals surface area contributed by atoms with Gasteiger partial charge in [-0.05, 0) is 30.5 Å². The summed E-state index contributed by atoms with van der Waals surface area (Å²) >= 11 is 0. The van der Waals surface area contributed by atoms with E-state index in [0.29, 0.717) is 25.3 Å².